The zero-order valence-electron chi connectivity index (χ0n) is 12.5. The number of anilines is 1. The molecule has 2 rings (SSSR count). The SMILES string of the molecule is CCC(=O)N(c1ccc(Cl)c(Cl)c1)C(C)C1CCNCC1. The number of benzene rings is 1. The Balaban J connectivity index is 2.28. The van der Waals surface area contributed by atoms with E-state index in [1.165, 1.54) is 0 Å². The Labute approximate surface area is 136 Å². The van der Waals surface area contributed by atoms with Gasteiger partial charge in [-0.1, -0.05) is 30.1 Å². The molecule has 1 atom stereocenters. The van der Waals surface area contributed by atoms with Crippen LogP contribution in [0.15, 0.2) is 18.2 Å². The van der Waals surface area contributed by atoms with Crippen molar-refractivity contribution in [2.24, 2.45) is 5.92 Å². The van der Waals surface area contributed by atoms with Gasteiger partial charge in [-0.25, -0.2) is 0 Å². The molecule has 1 aromatic carbocycles. The van der Waals surface area contributed by atoms with E-state index in [1.807, 2.05) is 17.9 Å². The van der Waals surface area contributed by atoms with Crippen LogP contribution < -0.4 is 10.2 Å². The predicted octanol–water partition coefficient (Wildman–Crippen LogP) is 4.12. The van der Waals surface area contributed by atoms with Crippen LogP contribution in [-0.4, -0.2) is 25.0 Å². The molecule has 1 aliphatic rings. The van der Waals surface area contributed by atoms with Gasteiger partial charge in [0.15, 0.2) is 0 Å². The highest BCUT2D eigenvalue weighted by atomic mass is 35.5. The second-order valence-electron chi connectivity index (χ2n) is 5.54. The molecule has 3 nitrogen and oxygen atoms in total. The van der Waals surface area contributed by atoms with Crippen molar-refractivity contribution < 1.29 is 4.79 Å². The lowest BCUT2D eigenvalue weighted by Crippen LogP contribution is -2.46. The van der Waals surface area contributed by atoms with E-state index < -0.39 is 0 Å². The first-order chi connectivity index (χ1) is 10.0. The first-order valence-electron chi connectivity index (χ1n) is 7.52. The minimum atomic E-state index is 0.124. The van der Waals surface area contributed by atoms with Crippen LogP contribution in [0.5, 0.6) is 0 Å². The highest BCUT2D eigenvalue weighted by Gasteiger charge is 2.29. The summed E-state index contributed by atoms with van der Waals surface area (Å²) in [5.74, 6) is 0.635. The van der Waals surface area contributed by atoms with E-state index in [9.17, 15) is 4.79 Å². The predicted molar refractivity (Wildman–Crippen MR) is 89.3 cm³/mol. The highest BCUT2D eigenvalue weighted by molar-refractivity contribution is 6.42. The van der Waals surface area contributed by atoms with Gasteiger partial charge in [-0.15, -0.1) is 0 Å². The molecule has 1 fully saturated rings. The first kappa shape index (κ1) is 16.6. The molecule has 1 unspecified atom stereocenters. The molecular formula is C16H22Cl2N2O. The van der Waals surface area contributed by atoms with Crippen LogP contribution in [0.3, 0.4) is 0 Å². The van der Waals surface area contributed by atoms with Gasteiger partial charge in [-0.3, -0.25) is 4.79 Å². The average Bonchev–Trinajstić information content (AvgIpc) is 2.51. The zero-order chi connectivity index (χ0) is 15.4. The number of rotatable bonds is 4. The molecule has 0 aliphatic carbocycles. The maximum atomic E-state index is 12.4. The van der Waals surface area contributed by atoms with E-state index in [4.69, 9.17) is 23.2 Å². The molecule has 116 valence electrons. The monoisotopic (exact) mass is 328 g/mol. The van der Waals surface area contributed by atoms with Gasteiger partial charge in [0.25, 0.3) is 0 Å². The summed E-state index contributed by atoms with van der Waals surface area (Å²) in [6.45, 7) is 6.06. The molecule has 21 heavy (non-hydrogen) atoms. The van der Waals surface area contributed by atoms with Crippen molar-refractivity contribution in [3.63, 3.8) is 0 Å². The topological polar surface area (TPSA) is 32.3 Å². The number of carbonyl (C=O) groups excluding carboxylic acids is 1. The van der Waals surface area contributed by atoms with Crippen LogP contribution in [0, 0.1) is 5.92 Å². The molecule has 1 N–H and O–H groups in total. The third-order valence-corrected chi connectivity index (χ3v) is 4.96. The molecule has 1 heterocycles. The van der Waals surface area contributed by atoms with E-state index in [0.717, 1.165) is 31.6 Å². The maximum Gasteiger partial charge on any atom is 0.226 e. The van der Waals surface area contributed by atoms with Crippen molar-refractivity contribution in [3.8, 4) is 0 Å². The van der Waals surface area contributed by atoms with Gasteiger partial charge in [-0.2, -0.15) is 0 Å². The summed E-state index contributed by atoms with van der Waals surface area (Å²) in [5, 5.41) is 4.37. The fourth-order valence-electron chi connectivity index (χ4n) is 2.95. The van der Waals surface area contributed by atoms with Crippen LogP contribution in [0.1, 0.15) is 33.1 Å². The summed E-state index contributed by atoms with van der Waals surface area (Å²) in [6, 6.07) is 5.58. The van der Waals surface area contributed by atoms with Crippen molar-refractivity contribution >= 4 is 34.8 Å². The quantitative estimate of drug-likeness (QED) is 0.901. The Kier molecular flexibility index (Phi) is 5.91. The first-order valence-corrected chi connectivity index (χ1v) is 8.28. The Morgan fingerprint density at radius 3 is 2.57 bits per heavy atom. The lowest BCUT2D eigenvalue weighted by Gasteiger charge is -2.37. The lowest BCUT2D eigenvalue weighted by atomic mass is 9.89. The molecule has 0 saturated carbocycles. The van der Waals surface area contributed by atoms with E-state index in [1.54, 1.807) is 12.1 Å². The van der Waals surface area contributed by atoms with Crippen molar-refractivity contribution in [2.75, 3.05) is 18.0 Å². The van der Waals surface area contributed by atoms with Gasteiger partial charge in [0, 0.05) is 18.2 Å². The minimum Gasteiger partial charge on any atom is -0.317 e. The summed E-state index contributed by atoms with van der Waals surface area (Å²) < 4.78 is 0. The second-order valence-corrected chi connectivity index (χ2v) is 6.36. The number of hydrogen-bond acceptors (Lipinski definition) is 2. The van der Waals surface area contributed by atoms with E-state index in [0.29, 0.717) is 22.4 Å². The van der Waals surface area contributed by atoms with Crippen LogP contribution in [0.2, 0.25) is 10.0 Å². The molecule has 5 heteroatoms. The lowest BCUT2D eigenvalue weighted by molar-refractivity contribution is -0.119. The maximum absolute atomic E-state index is 12.4. The summed E-state index contributed by atoms with van der Waals surface area (Å²) in [7, 11) is 0. The van der Waals surface area contributed by atoms with Crippen molar-refractivity contribution in [2.45, 2.75) is 39.2 Å². The van der Waals surface area contributed by atoms with Gasteiger partial charge in [0.05, 0.1) is 10.0 Å². The van der Waals surface area contributed by atoms with E-state index in [-0.39, 0.29) is 11.9 Å². The number of hydrogen-bond donors (Lipinski definition) is 1. The van der Waals surface area contributed by atoms with Gasteiger partial charge < -0.3 is 10.2 Å². The van der Waals surface area contributed by atoms with E-state index in [2.05, 4.69) is 12.2 Å². The number of amides is 1. The summed E-state index contributed by atoms with van der Waals surface area (Å²) >= 11 is 12.1. The number of carbonyl (C=O) groups is 1. The smallest absolute Gasteiger partial charge is 0.226 e. The van der Waals surface area contributed by atoms with Crippen LogP contribution >= 0.6 is 23.2 Å². The fraction of sp³-hybridized carbons (Fsp3) is 0.562. The van der Waals surface area contributed by atoms with Crippen molar-refractivity contribution in [1.29, 1.82) is 0 Å². The molecule has 0 bridgehead atoms. The van der Waals surface area contributed by atoms with Gasteiger partial charge in [0.1, 0.15) is 0 Å². The molecule has 0 aromatic heterocycles. The summed E-state index contributed by atoms with van der Waals surface area (Å²) in [6.07, 6.45) is 2.67. The third kappa shape index (κ3) is 3.91. The number of nitrogens with zero attached hydrogens (tertiary/aromatic N) is 1. The molecule has 1 amide bonds. The van der Waals surface area contributed by atoms with Crippen LogP contribution in [0.25, 0.3) is 0 Å². The number of nitrogens with one attached hydrogen (secondary N) is 1. The zero-order valence-corrected chi connectivity index (χ0v) is 14.0. The Bertz CT molecular complexity index is 501. The number of piperidine rings is 1. The van der Waals surface area contributed by atoms with Crippen molar-refractivity contribution in [3.05, 3.63) is 28.2 Å². The molecule has 1 saturated heterocycles. The fourth-order valence-corrected chi connectivity index (χ4v) is 3.24. The minimum absolute atomic E-state index is 0.124. The Morgan fingerprint density at radius 1 is 1.33 bits per heavy atom. The van der Waals surface area contributed by atoms with Crippen LogP contribution in [-0.2, 0) is 4.79 Å². The average molecular weight is 329 g/mol. The molecule has 0 radical (unpaired) electrons. The normalized spacial score (nSPS) is 17.5. The van der Waals surface area contributed by atoms with Gasteiger partial charge >= 0.3 is 0 Å². The van der Waals surface area contributed by atoms with Crippen molar-refractivity contribution in [1.82, 2.24) is 5.32 Å². The third-order valence-electron chi connectivity index (χ3n) is 4.23. The molecule has 0 spiro atoms. The second kappa shape index (κ2) is 7.48. The standard InChI is InChI=1S/C16H22Cl2N2O/c1-3-16(21)20(11(2)12-6-8-19-9-7-12)13-4-5-14(17)15(18)10-13/h4-5,10-12,19H,3,6-9H2,1-2H3. The van der Waals surface area contributed by atoms with Crippen LogP contribution in [0.4, 0.5) is 5.69 Å². The number of halogens is 2. The Morgan fingerprint density at radius 2 is 2.00 bits per heavy atom. The molecule has 1 aromatic rings. The van der Waals surface area contributed by atoms with Gasteiger partial charge in [0.2, 0.25) is 5.91 Å². The molecule has 1 aliphatic heterocycles. The molecular weight excluding hydrogens is 307 g/mol. The highest BCUT2D eigenvalue weighted by Crippen LogP contribution is 2.31. The van der Waals surface area contributed by atoms with Gasteiger partial charge in [-0.05, 0) is 57.0 Å². The Hall–Kier alpha value is -0.770. The largest absolute Gasteiger partial charge is 0.317 e. The van der Waals surface area contributed by atoms with E-state index >= 15 is 0 Å². The summed E-state index contributed by atoms with van der Waals surface area (Å²) in [5.41, 5.74) is 0.835. The summed E-state index contributed by atoms with van der Waals surface area (Å²) in [4.78, 5) is 14.3.